The first kappa shape index (κ1) is 13.5. The second-order valence-electron chi connectivity index (χ2n) is 5.86. The van der Waals surface area contributed by atoms with Crippen LogP contribution in [-0.4, -0.2) is 22.2 Å². The monoisotopic (exact) mass is 248 g/mol. The van der Waals surface area contributed by atoms with Crippen LogP contribution in [0.3, 0.4) is 0 Å². The maximum Gasteiger partial charge on any atom is 0.0774 e. The lowest BCUT2D eigenvalue weighted by Crippen LogP contribution is -2.43. The van der Waals surface area contributed by atoms with Gasteiger partial charge in [0.05, 0.1) is 11.3 Å². The summed E-state index contributed by atoms with van der Waals surface area (Å²) in [6, 6.07) is 4.11. The third-order valence-electron chi connectivity index (χ3n) is 3.80. The van der Waals surface area contributed by atoms with E-state index in [1.165, 1.54) is 12.0 Å². The standard InChI is InChI=1S/C15H24N2O/c1-12-4-3-7-15(18,8-12)11-16-10-14-6-5-13(2)9-17-14/h5-6,9,12,16,18H,3-4,7-8,10-11H2,1-2H3. The molecule has 100 valence electrons. The molecule has 1 aromatic heterocycles. The Labute approximate surface area is 110 Å². The minimum absolute atomic E-state index is 0.512. The first-order valence-corrected chi connectivity index (χ1v) is 6.92. The molecule has 2 N–H and O–H groups in total. The molecule has 3 heteroatoms. The van der Waals surface area contributed by atoms with Crippen molar-refractivity contribution < 1.29 is 5.11 Å². The highest BCUT2D eigenvalue weighted by atomic mass is 16.3. The van der Waals surface area contributed by atoms with Crippen molar-refractivity contribution in [2.45, 2.75) is 51.7 Å². The Kier molecular flexibility index (Phi) is 4.36. The van der Waals surface area contributed by atoms with Crippen molar-refractivity contribution in [3.63, 3.8) is 0 Å². The van der Waals surface area contributed by atoms with Gasteiger partial charge in [0.15, 0.2) is 0 Å². The lowest BCUT2D eigenvalue weighted by Gasteiger charge is -2.35. The summed E-state index contributed by atoms with van der Waals surface area (Å²) in [5, 5.41) is 13.8. The largest absolute Gasteiger partial charge is 0.389 e. The Balaban J connectivity index is 1.79. The number of nitrogens with zero attached hydrogens (tertiary/aromatic N) is 1. The Hall–Kier alpha value is -0.930. The van der Waals surface area contributed by atoms with Crippen molar-refractivity contribution in [2.75, 3.05) is 6.54 Å². The minimum atomic E-state index is -0.512. The van der Waals surface area contributed by atoms with Crippen LogP contribution >= 0.6 is 0 Å². The van der Waals surface area contributed by atoms with Gasteiger partial charge in [0.25, 0.3) is 0 Å². The summed E-state index contributed by atoms with van der Waals surface area (Å²) in [6.07, 6.45) is 6.12. The number of aromatic nitrogens is 1. The van der Waals surface area contributed by atoms with Gasteiger partial charge in [-0.05, 0) is 37.3 Å². The molecule has 1 aliphatic carbocycles. The molecular weight excluding hydrogens is 224 g/mol. The topological polar surface area (TPSA) is 45.1 Å². The van der Waals surface area contributed by atoms with Crippen LogP contribution in [0.15, 0.2) is 18.3 Å². The predicted octanol–water partition coefficient (Wildman–Crippen LogP) is 2.42. The van der Waals surface area contributed by atoms with Crippen molar-refractivity contribution in [1.82, 2.24) is 10.3 Å². The van der Waals surface area contributed by atoms with E-state index in [0.717, 1.165) is 31.5 Å². The highest BCUT2D eigenvalue weighted by Gasteiger charge is 2.31. The summed E-state index contributed by atoms with van der Waals surface area (Å²) in [5.74, 6) is 0.642. The van der Waals surface area contributed by atoms with Crippen LogP contribution in [0.25, 0.3) is 0 Å². The third kappa shape index (κ3) is 3.79. The SMILES string of the molecule is Cc1ccc(CNCC2(O)CCCC(C)C2)nc1. The molecule has 0 aromatic carbocycles. The Morgan fingerprint density at radius 2 is 2.33 bits per heavy atom. The number of aliphatic hydroxyl groups is 1. The van der Waals surface area contributed by atoms with Gasteiger partial charge in [0.2, 0.25) is 0 Å². The van der Waals surface area contributed by atoms with E-state index in [4.69, 9.17) is 0 Å². The van der Waals surface area contributed by atoms with Gasteiger partial charge < -0.3 is 10.4 Å². The number of rotatable bonds is 4. The van der Waals surface area contributed by atoms with Crippen molar-refractivity contribution in [2.24, 2.45) is 5.92 Å². The second-order valence-corrected chi connectivity index (χ2v) is 5.86. The van der Waals surface area contributed by atoms with Gasteiger partial charge in [0, 0.05) is 19.3 Å². The van der Waals surface area contributed by atoms with E-state index in [2.05, 4.69) is 23.3 Å². The molecule has 0 saturated heterocycles. The number of hydrogen-bond acceptors (Lipinski definition) is 3. The lowest BCUT2D eigenvalue weighted by molar-refractivity contribution is -0.0119. The number of pyridine rings is 1. The van der Waals surface area contributed by atoms with Crippen LogP contribution < -0.4 is 5.32 Å². The predicted molar refractivity (Wildman–Crippen MR) is 73.3 cm³/mol. The third-order valence-corrected chi connectivity index (χ3v) is 3.80. The summed E-state index contributed by atoms with van der Waals surface area (Å²) in [5.41, 5.74) is 1.70. The van der Waals surface area contributed by atoms with Gasteiger partial charge in [-0.3, -0.25) is 4.98 Å². The molecule has 0 radical (unpaired) electrons. The quantitative estimate of drug-likeness (QED) is 0.860. The fourth-order valence-electron chi connectivity index (χ4n) is 2.82. The zero-order chi connectivity index (χ0) is 13.0. The van der Waals surface area contributed by atoms with E-state index in [-0.39, 0.29) is 0 Å². The molecule has 2 atom stereocenters. The van der Waals surface area contributed by atoms with E-state index in [9.17, 15) is 5.11 Å². The summed E-state index contributed by atoms with van der Waals surface area (Å²) < 4.78 is 0. The zero-order valence-corrected chi connectivity index (χ0v) is 11.4. The first-order valence-electron chi connectivity index (χ1n) is 6.92. The van der Waals surface area contributed by atoms with E-state index >= 15 is 0 Å². The molecule has 1 aromatic rings. The Morgan fingerprint density at radius 1 is 1.50 bits per heavy atom. The van der Waals surface area contributed by atoms with Crippen LogP contribution in [0.4, 0.5) is 0 Å². The van der Waals surface area contributed by atoms with E-state index in [1.807, 2.05) is 19.2 Å². The number of nitrogens with one attached hydrogen (secondary N) is 1. The summed E-state index contributed by atoms with van der Waals surface area (Å²) >= 11 is 0. The Morgan fingerprint density at radius 3 is 3.00 bits per heavy atom. The lowest BCUT2D eigenvalue weighted by atomic mass is 9.79. The second kappa shape index (κ2) is 5.81. The van der Waals surface area contributed by atoms with Crippen molar-refractivity contribution in [3.8, 4) is 0 Å². The fraction of sp³-hybridized carbons (Fsp3) is 0.667. The molecule has 0 aliphatic heterocycles. The van der Waals surface area contributed by atoms with E-state index in [0.29, 0.717) is 12.5 Å². The maximum absolute atomic E-state index is 10.5. The molecule has 2 rings (SSSR count). The van der Waals surface area contributed by atoms with Crippen LogP contribution in [0, 0.1) is 12.8 Å². The molecule has 1 fully saturated rings. The normalized spacial score (nSPS) is 28.3. The summed E-state index contributed by atoms with van der Waals surface area (Å²) in [7, 11) is 0. The molecule has 0 amide bonds. The molecule has 0 bridgehead atoms. The number of hydrogen-bond donors (Lipinski definition) is 2. The molecule has 1 heterocycles. The van der Waals surface area contributed by atoms with E-state index in [1.54, 1.807) is 0 Å². The Bertz CT molecular complexity index is 377. The van der Waals surface area contributed by atoms with Crippen LogP contribution in [0.2, 0.25) is 0 Å². The van der Waals surface area contributed by atoms with Gasteiger partial charge in [0.1, 0.15) is 0 Å². The molecule has 18 heavy (non-hydrogen) atoms. The molecule has 1 saturated carbocycles. The average Bonchev–Trinajstić information content (AvgIpc) is 2.31. The van der Waals surface area contributed by atoms with Crippen molar-refractivity contribution in [3.05, 3.63) is 29.6 Å². The maximum atomic E-state index is 10.5. The zero-order valence-electron chi connectivity index (χ0n) is 11.4. The molecular formula is C15H24N2O. The van der Waals surface area contributed by atoms with Crippen LogP contribution in [-0.2, 0) is 6.54 Å². The summed E-state index contributed by atoms with van der Waals surface area (Å²) in [4.78, 5) is 4.35. The molecule has 0 spiro atoms. The van der Waals surface area contributed by atoms with Crippen LogP contribution in [0.1, 0.15) is 43.9 Å². The minimum Gasteiger partial charge on any atom is -0.389 e. The van der Waals surface area contributed by atoms with Gasteiger partial charge in [-0.1, -0.05) is 25.8 Å². The van der Waals surface area contributed by atoms with Crippen molar-refractivity contribution in [1.29, 1.82) is 0 Å². The van der Waals surface area contributed by atoms with Crippen LogP contribution in [0.5, 0.6) is 0 Å². The summed E-state index contributed by atoms with van der Waals surface area (Å²) in [6.45, 7) is 5.67. The first-order chi connectivity index (χ1) is 8.57. The van der Waals surface area contributed by atoms with E-state index < -0.39 is 5.60 Å². The van der Waals surface area contributed by atoms with Gasteiger partial charge in [-0.25, -0.2) is 0 Å². The van der Waals surface area contributed by atoms with Crippen molar-refractivity contribution >= 4 is 0 Å². The molecule has 3 nitrogen and oxygen atoms in total. The average molecular weight is 248 g/mol. The molecule has 1 aliphatic rings. The highest BCUT2D eigenvalue weighted by Crippen LogP contribution is 2.31. The highest BCUT2D eigenvalue weighted by molar-refractivity contribution is 5.12. The fourth-order valence-corrected chi connectivity index (χ4v) is 2.82. The van der Waals surface area contributed by atoms with Gasteiger partial charge in [-0.15, -0.1) is 0 Å². The smallest absolute Gasteiger partial charge is 0.0774 e. The van der Waals surface area contributed by atoms with Gasteiger partial charge >= 0.3 is 0 Å². The molecule has 2 unspecified atom stereocenters. The van der Waals surface area contributed by atoms with Gasteiger partial charge in [-0.2, -0.15) is 0 Å². The number of aryl methyl sites for hydroxylation is 1.